The largest absolute Gasteiger partial charge is 0.464 e. The van der Waals surface area contributed by atoms with E-state index in [9.17, 15) is 4.79 Å². The quantitative estimate of drug-likeness (QED) is 0.479. The molecule has 0 bridgehead atoms. The number of nitrogens with zero attached hydrogens (tertiary/aromatic N) is 1. The Morgan fingerprint density at radius 2 is 2.30 bits per heavy atom. The number of rotatable bonds is 3. The Morgan fingerprint density at radius 3 is 2.60 bits per heavy atom. The van der Waals surface area contributed by atoms with Gasteiger partial charge in [-0.2, -0.15) is 0 Å². The molecule has 0 aliphatic carbocycles. The monoisotopic (exact) mass is 164 g/mol. The van der Waals surface area contributed by atoms with E-state index >= 15 is 0 Å². The van der Waals surface area contributed by atoms with Gasteiger partial charge in [-0.3, -0.25) is 0 Å². The van der Waals surface area contributed by atoms with Crippen LogP contribution in [0, 0.1) is 0 Å². The fraction of sp³-hybridized carbons (Fsp3) is 0.800. The van der Waals surface area contributed by atoms with Crippen molar-refractivity contribution in [2.45, 2.75) is 12.3 Å². The first-order valence-corrected chi connectivity index (χ1v) is 4.12. The number of carbonyl (C=O) groups is 1. The van der Waals surface area contributed by atoms with E-state index in [4.69, 9.17) is 5.11 Å². The Kier molecular flexibility index (Phi) is 4.22. The van der Waals surface area contributed by atoms with Gasteiger partial charge >= 0.3 is 6.09 Å². The summed E-state index contributed by atoms with van der Waals surface area (Å²) < 4.78 is 0. The first-order valence-electron chi connectivity index (χ1n) is 2.83. The van der Waals surface area contributed by atoms with Crippen LogP contribution in [0.3, 0.4) is 0 Å². The van der Waals surface area contributed by atoms with Crippen LogP contribution in [0.2, 0.25) is 0 Å². The predicted octanol–water partition coefficient (Wildman–Crippen LogP) is 0.810. The summed E-state index contributed by atoms with van der Waals surface area (Å²) in [4.78, 5) is 10.2. The summed E-state index contributed by atoms with van der Waals surface area (Å²) in [6, 6.07) is 0. The maximum absolute atomic E-state index is 10.2. The van der Waals surface area contributed by atoms with Gasteiger partial charge in [-0.25, -0.2) is 15.2 Å². The lowest BCUT2D eigenvalue weighted by Gasteiger charge is -2.18. The molecule has 1 amide bonds. The van der Waals surface area contributed by atoms with Gasteiger partial charge in [-0.15, -0.1) is 11.8 Å². The Labute approximate surface area is 64.6 Å². The second-order valence-corrected chi connectivity index (χ2v) is 3.03. The Morgan fingerprint density at radius 1 is 1.80 bits per heavy atom. The SMILES string of the molecule is CSC(C)NN(C)C(=O)O. The van der Waals surface area contributed by atoms with E-state index in [0.29, 0.717) is 0 Å². The van der Waals surface area contributed by atoms with Crippen molar-refractivity contribution in [2.24, 2.45) is 0 Å². The molecule has 0 heterocycles. The van der Waals surface area contributed by atoms with Crippen molar-refractivity contribution in [3.63, 3.8) is 0 Å². The van der Waals surface area contributed by atoms with Gasteiger partial charge in [0, 0.05) is 7.05 Å². The molecule has 0 fully saturated rings. The van der Waals surface area contributed by atoms with Crippen LogP contribution >= 0.6 is 11.8 Å². The molecule has 0 rings (SSSR count). The lowest BCUT2D eigenvalue weighted by Crippen LogP contribution is -2.42. The Hall–Kier alpha value is -0.420. The maximum Gasteiger partial charge on any atom is 0.421 e. The molecule has 0 saturated heterocycles. The van der Waals surface area contributed by atoms with Gasteiger partial charge in [0.15, 0.2) is 0 Å². The lowest BCUT2D eigenvalue weighted by molar-refractivity contribution is 0.134. The molecule has 0 aromatic heterocycles. The van der Waals surface area contributed by atoms with Crippen LogP contribution in [0.4, 0.5) is 4.79 Å². The van der Waals surface area contributed by atoms with Crippen LogP contribution in [-0.2, 0) is 0 Å². The summed E-state index contributed by atoms with van der Waals surface area (Å²) in [5.41, 5.74) is 2.73. The summed E-state index contributed by atoms with van der Waals surface area (Å²) in [7, 11) is 1.47. The molecular formula is C5H12N2O2S. The first-order chi connectivity index (χ1) is 4.57. The van der Waals surface area contributed by atoms with Crippen molar-refractivity contribution >= 4 is 17.9 Å². The fourth-order valence-electron chi connectivity index (χ4n) is 0.381. The van der Waals surface area contributed by atoms with Gasteiger partial charge in [-0.05, 0) is 13.2 Å². The number of thioether (sulfide) groups is 1. The van der Waals surface area contributed by atoms with E-state index in [1.807, 2.05) is 13.2 Å². The molecule has 2 N–H and O–H groups in total. The van der Waals surface area contributed by atoms with Crippen LogP contribution < -0.4 is 5.43 Å². The minimum absolute atomic E-state index is 0.126. The smallest absolute Gasteiger partial charge is 0.421 e. The third kappa shape index (κ3) is 3.58. The van der Waals surface area contributed by atoms with Crippen LogP contribution in [0.25, 0.3) is 0 Å². The molecule has 60 valence electrons. The summed E-state index contributed by atoms with van der Waals surface area (Å²) in [6.07, 6.45) is 0.939. The number of hydrazine groups is 1. The number of nitrogens with one attached hydrogen (secondary N) is 1. The van der Waals surface area contributed by atoms with Gasteiger partial charge in [0.1, 0.15) is 0 Å². The molecular weight excluding hydrogens is 152 g/mol. The summed E-state index contributed by atoms with van der Waals surface area (Å²) in [5.74, 6) is 0. The molecule has 0 aromatic carbocycles. The van der Waals surface area contributed by atoms with Gasteiger partial charge in [0.05, 0.1) is 5.37 Å². The average Bonchev–Trinajstić information content (AvgIpc) is 1.87. The Balaban J connectivity index is 3.56. The second-order valence-electron chi connectivity index (χ2n) is 1.85. The van der Waals surface area contributed by atoms with Crippen molar-refractivity contribution in [1.29, 1.82) is 0 Å². The van der Waals surface area contributed by atoms with E-state index in [-0.39, 0.29) is 5.37 Å². The number of amides is 1. The molecule has 0 aromatic rings. The van der Waals surface area contributed by atoms with Crippen molar-refractivity contribution in [3.05, 3.63) is 0 Å². The topological polar surface area (TPSA) is 52.6 Å². The van der Waals surface area contributed by atoms with Crippen LogP contribution in [0.1, 0.15) is 6.92 Å². The van der Waals surface area contributed by atoms with E-state index in [1.165, 1.54) is 7.05 Å². The molecule has 4 nitrogen and oxygen atoms in total. The molecule has 0 radical (unpaired) electrons. The molecule has 0 saturated carbocycles. The molecule has 10 heavy (non-hydrogen) atoms. The van der Waals surface area contributed by atoms with Gasteiger partial charge < -0.3 is 5.11 Å². The van der Waals surface area contributed by atoms with Crippen molar-refractivity contribution in [2.75, 3.05) is 13.3 Å². The molecule has 0 aliphatic heterocycles. The normalized spacial score (nSPS) is 12.7. The second kappa shape index (κ2) is 4.40. The molecule has 5 heteroatoms. The maximum atomic E-state index is 10.2. The van der Waals surface area contributed by atoms with Crippen LogP contribution in [0.5, 0.6) is 0 Å². The van der Waals surface area contributed by atoms with Crippen molar-refractivity contribution < 1.29 is 9.90 Å². The standard InChI is InChI=1S/C5H12N2O2S/c1-4(10-3)6-7(2)5(8)9/h4,6H,1-3H3,(H,8,9). The average molecular weight is 164 g/mol. The van der Waals surface area contributed by atoms with Crippen LogP contribution in [-0.4, -0.2) is 34.9 Å². The molecule has 1 unspecified atom stereocenters. The zero-order chi connectivity index (χ0) is 8.15. The predicted molar refractivity (Wildman–Crippen MR) is 41.9 cm³/mol. The highest BCUT2D eigenvalue weighted by Gasteiger charge is 2.06. The highest BCUT2D eigenvalue weighted by Crippen LogP contribution is 2.00. The fourth-order valence-corrected chi connectivity index (χ4v) is 0.644. The number of carboxylic acid groups (broad SMARTS) is 1. The third-order valence-electron chi connectivity index (χ3n) is 1.02. The molecule has 0 aliphatic rings. The zero-order valence-corrected chi connectivity index (χ0v) is 7.10. The lowest BCUT2D eigenvalue weighted by atomic mass is 10.8. The molecule has 1 atom stereocenters. The van der Waals surface area contributed by atoms with Gasteiger partial charge in [-0.1, -0.05) is 0 Å². The summed E-state index contributed by atoms with van der Waals surface area (Å²) in [6.45, 7) is 1.89. The Bertz CT molecular complexity index is 120. The van der Waals surface area contributed by atoms with Crippen molar-refractivity contribution in [1.82, 2.24) is 10.4 Å². The number of hydrogen-bond acceptors (Lipinski definition) is 3. The van der Waals surface area contributed by atoms with Gasteiger partial charge in [0.25, 0.3) is 0 Å². The minimum Gasteiger partial charge on any atom is -0.464 e. The van der Waals surface area contributed by atoms with E-state index < -0.39 is 6.09 Å². The van der Waals surface area contributed by atoms with Gasteiger partial charge in [0.2, 0.25) is 0 Å². The highest BCUT2D eigenvalue weighted by atomic mass is 32.2. The third-order valence-corrected chi connectivity index (χ3v) is 1.83. The number of hydrogen-bond donors (Lipinski definition) is 2. The summed E-state index contributed by atoms with van der Waals surface area (Å²) >= 11 is 1.55. The van der Waals surface area contributed by atoms with Crippen molar-refractivity contribution in [3.8, 4) is 0 Å². The van der Waals surface area contributed by atoms with E-state index in [2.05, 4.69) is 5.43 Å². The summed E-state index contributed by atoms with van der Waals surface area (Å²) in [5, 5.41) is 9.55. The molecule has 0 spiro atoms. The zero-order valence-electron chi connectivity index (χ0n) is 6.29. The minimum atomic E-state index is -0.971. The van der Waals surface area contributed by atoms with Crippen LogP contribution in [0.15, 0.2) is 0 Å². The highest BCUT2D eigenvalue weighted by molar-refractivity contribution is 7.99. The first kappa shape index (κ1) is 9.58. The van der Waals surface area contributed by atoms with E-state index in [1.54, 1.807) is 11.8 Å². The van der Waals surface area contributed by atoms with E-state index in [0.717, 1.165) is 5.01 Å².